The van der Waals surface area contributed by atoms with Gasteiger partial charge in [-0.2, -0.15) is 0 Å². The Bertz CT molecular complexity index is 554. The molecule has 0 bridgehead atoms. The molecule has 0 saturated heterocycles. The van der Waals surface area contributed by atoms with E-state index in [9.17, 15) is 0 Å². The van der Waals surface area contributed by atoms with Crippen LogP contribution < -0.4 is 5.32 Å². The first-order chi connectivity index (χ1) is 9.86. The van der Waals surface area contributed by atoms with Gasteiger partial charge in [0.2, 0.25) is 0 Å². The van der Waals surface area contributed by atoms with Crippen molar-refractivity contribution in [2.24, 2.45) is 5.92 Å². The molecule has 2 aromatic carbocycles. The summed E-state index contributed by atoms with van der Waals surface area (Å²) in [7, 11) is 0. The molecule has 1 saturated carbocycles. The van der Waals surface area contributed by atoms with Gasteiger partial charge >= 0.3 is 0 Å². The van der Waals surface area contributed by atoms with E-state index in [1.807, 2.05) is 0 Å². The van der Waals surface area contributed by atoms with Gasteiger partial charge in [-0.15, -0.1) is 0 Å². The van der Waals surface area contributed by atoms with Crippen molar-refractivity contribution in [3.8, 4) is 0 Å². The summed E-state index contributed by atoms with van der Waals surface area (Å²) in [6.07, 6.45) is 7.01. The summed E-state index contributed by atoms with van der Waals surface area (Å²) >= 11 is 0. The van der Waals surface area contributed by atoms with Crippen LogP contribution in [0.25, 0.3) is 10.8 Å². The monoisotopic (exact) mass is 267 g/mol. The molecule has 1 nitrogen and oxygen atoms in total. The van der Waals surface area contributed by atoms with E-state index in [1.54, 1.807) is 0 Å². The molecule has 0 heterocycles. The number of hydrogen-bond donors (Lipinski definition) is 1. The lowest BCUT2D eigenvalue weighted by Gasteiger charge is -2.22. The lowest BCUT2D eigenvalue weighted by Crippen LogP contribution is -2.23. The van der Waals surface area contributed by atoms with E-state index >= 15 is 0 Å². The molecule has 1 aliphatic rings. The summed E-state index contributed by atoms with van der Waals surface area (Å²) in [5.41, 5.74) is 1.46. The lowest BCUT2D eigenvalue weighted by molar-refractivity contribution is 0.401. The zero-order chi connectivity index (χ0) is 13.8. The molecule has 1 aliphatic carbocycles. The molecule has 2 aromatic rings. The van der Waals surface area contributed by atoms with E-state index in [-0.39, 0.29) is 0 Å². The summed E-state index contributed by atoms with van der Waals surface area (Å²) in [6.45, 7) is 3.26. The second kappa shape index (κ2) is 6.41. The molecule has 3 rings (SSSR count). The smallest absolute Gasteiger partial charge is 0.0322 e. The van der Waals surface area contributed by atoms with Crippen LogP contribution in [-0.2, 0) is 0 Å². The first kappa shape index (κ1) is 13.6. The minimum atomic E-state index is 0.521. The molecule has 1 unspecified atom stereocenters. The highest BCUT2D eigenvalue weighted by Crippen LogP contribution is 2.33. The average molecular weight is 267 g/mol. The molecule has 1 N–H and O–H groups in total. The third kappa shape index (κ3) is 3.04. The van der Waals surface area contributed by atoms with Crippen LogP contribution in [0.3, 0.4) is 0 Å². The summed E-state index contributed by atoms with van der Waals surface area (Å²) < 4.78 is 0. The van der Waals surface area contributed by atoms with Crippen molar-refractivity contribution in [2.75, 3.05) is 6.54 Å². The number of fused-ring (bicyclic) bond motifs is 1. The van der Waals surface area contributed by atoms with Gasteiger partial charge in [-0.25, -0.2) is 0 Å². The fourth-order valence-corrected chi connectivity index (χ4v) is 3.59. The van der Waals surface area contributed by atoms with E-state index in [1.165, 1.54) is 48.4 Å². The van der Waals surface area contributed by atoms with Gasteiger partial charge in [-0.1, -0.05) is 69.0 Å². The second-order valence-corrected chi connectivity index (χ2v) is 6.10. The third-order valence-corrected chi connectivity index (χ3v) is 4.67. The van der Waals surface area contributed by atoms with Crippen LogP contribution >= 0.6 is 0 Å². The Morgan fingerprint density at radius 1 is 1.05 bits per heavy atom. The van der Waals surface area contributed by atoms with Crippen LogP contribution in [0.15, 0.2) is 42.5 Å². The van der Waals surface area contributed by atoms with Crippen LogP contribution in [0.4, 0.5) is 0 Å². The Morgan fingerprint density at radius 3 is 2.55 bits per heavy atom. The van der Waals surface area contributed by atoms with Gasteiger partial charge in [-0.05, 0) is 41.3 Å². The van der Waals surface area contributed by atoms with E-state index in [4.69, 9.17) is 0 Å². The molecule has 0 amide bonds. The Labute approximate surface area is 122 Å². The number of nitrogens with one attached hydrogen (secondary N) is 1. The summed E-state index contributed by atoms with van der Waals surface area (Å²) in [5.74, 6) is 0.922. The zero-order valence-corrected chi connectivity index (χ0v) is 12.4. The average Bonchev–Trinajstić information content (AvgIpc) is 2.99. The standard InChI is InChI=1S/C19H25N/c1-2-20-19(13-15-7-3-4-8-15)18-12-11-16-9-5-6-10-17(16)14-18/h5-6,9-12,14-15,19-20H,2-4,7-8,13H2,1H3. The molecule has 1 atom stereocenters. The largest absolute Gasteiger partial charge is 0.310 e. The molecular weight excluding hydrogens is 242 g/mol. The van der Waals surface area contributed by atoms with Crippen molar-refractivity contribution in [1.29, 1.82) is 0 Å². The van der Waals surface area contributed by atoms with Gasteiger partial charge in [0.05, 0.1) is 0 Å². The summed E-state index contributed by atoms with van der Waals surface area (Å²) in [6, 6.07) is 16.1. The van der Waals surface area contributed by atoms with Crippen molar-refractivity contribution in [2.45, 2.75) is 45.1 Å². The predicted molar refractivity (Wildman–Crippen MR) is 86.9 cm³/mol. The maximum atomic E-state index is 3.69. The van der Waals surface area contributed by atoms with Gasteiger partial charge in [-0.3, -0.25) is 0 Å². The lowest BCUT2D eigenvalue weighted by atomic mass is 9.92. The van der Waals surface area contributed by atoms with Gasteiger partial charge in [0.25, 0.3) is 0 Å². The first-order valence-electron chi connectivity index (χ1n) is 8.09. The highest BCUT2D eigenvalue weighted by Gasteiger charge is 2.20. The molecule has 1 fully saturated rings. The highest BCUT2D eigenvalue weighted by molar-refractivity contribution is 5.83. The number of benzene rings is 2. The van der Waals surface area contributed by atoms with E-state index < -0.39 is 0 Å². The van der Waals surface area contributed by atoms with Crippen molar-refractivity contribution in [1.82, 2.24) is 5.32 Å². The minimum absolute atomic E-state index is 0.521. The molecule has 0 spiro atoms. The molecule has 0 aliphatic heterocycles. The maximum Gasteiger partial charge on any atom is 0.0322 e. The Kier molecular flexibility index (Phi) is 4.37. The number of rotatable bonds is 5. The fraction of sp³-hybridized carbons (Fsp3) is 0.474. The normalized spacial score (nSPS) is 17.6. The van der Waals surface area contributed by atoms with Crippen molar-refractivity contribution < 1.29 is 0 Å². The zero-order valence-electron chi connectivity index (χ0n) is 12.4. The van der Waals surface area contributed by atoms with Gasteiger partial charge in [0, 0.05) is 6.04 Å². The van der Waals surface area contributed by atoms with Crippen LogP contribution in [0.1, 0.15) is 50.6 Å². The Balaban J connectivity index is 1.83. The van der Waals surface area contributed by atoms with Crippen LogP contribution in [-0.4, -0.2) is 6.54 Å². The SMILES string of the molecule is CCNC(CC1CCCC1)c1ccc2ccccc2c1. The molecule has 0 radical (unpaired) electrons. The van der Waals surface area contributed by atoms with Crippen LogP contribution in [0.5, 0.6) is 0 Å². The summed E-state index contributed by atoms with van der Waals surface area (Å²) in [4.78, 5) is 0. The molecule has 1 heteroatoms. The van der Waals surface area contributed by atoms with Gasteiger partial charge in [0.15, 0.2) is 0 Å². The van der Waals surface area contributed by atoms with Crippen LogP contribution in [0.2, 0.25) is 0 Å². The Hall–Kier alpha value is -1.34. The Morgan fingerprint density at radius 2 is 1.80 bits per heavy atom. The number of hydrogen-bond acceptors (Lipinski definition) is 1. The summed E-state index contributed by atoms with van der Waals surface area (Å²) in [5, 5.41) is 6.39. The van der Waals surface area contributed by atoms with Gasteiger partial charge in [0.1, 0.15) is 0 Å². The molecule has 20 heavy (non-hydrogen) atoms. The van der Waals surface area contributed by atoms with E-state index in [0.717, 1.165) is 12.5 Å². The molecule has 0 aromatic heterocycles. The molecule has 106 valence electrons. The second-order valence-electron chi connectivity index (χ2n) is 6.10. The van der Waals surface area contributed by atoms with Crippen molar-refractivity contribution in [3.63, 3.8) is 0 Å². The topological polar surface area (TPSA) is 12.0 Å². The van der Waals surface area contributed by atoms with Crippen molar-refractivity contribution in [3.05, 3.63) is 48.0 Å². The quantitative estimate of drug-likeness (QED) is 0.797. The van der Waals surface area contributed by atoms with E-state index in [2.05, 4.69) is 54.7 Å². The predicted octanol–water partition coefficient (Wildman–Crippen LogP) is 5.07. The first-order valence-corrected chi connectivity index (χ1v) is 8.09. The van der Waals surface area contributed by atoms with Crippen LogP contribution in [0, 0.1) is 5.92 Å². The highest BCUT2D eigenvalue weighted by atomic mass is 14.9. The van der Waals surface area contributed by atoms with E-state index in [0.29, 0.717) is 6.04 Å². The van der Waals surface area contributed by atoms with Gasteiger partial charge < -0.3 is 5.32 Å². The van der Waals surface area contributed by atoms with Crippen molar-refractivity contribution >= 4 is 10.8 Å². The minimum Gasteiger partial charge on any atom is -0.310 e. The maximum absolute atomic E-state index is 3.69. The third-order valence-electron chi connectivity index (χ3n) is 4.67. The fourth-order valence-electron chi connectivity index (χ4n) is 3.59. The molecular formula is C19H25N.